The van der Waals surface area contributed by atoms with E-state index in [0.29, 0.717) is 5.75 Å². The summed E-state index contributed by atoms with van der Waals surface area (Å²) in [6, 6.07) is 36.6. The highest BCUT2D eigenvalue weighted by Gasteiger charge is 2.50. The van der Waals surface area contributed by atoms with Crippen LogP contribution in [-0.4, -0.2) is 5.11 Å². The summed E-state index contributed by atoms with van der Waals surface area (Å²) in [5.74, 6) is 0.305. The van der Waals surface area contributed by atoms with Crippen LogP contribution in [0.25, 0.3) is 33.0 Å². The van der Waals surface area contributed by atoms with Crippen LogP contribution in [0.2, 0.25) is 0 Å². The second kappa shape index (κ2) is 5.40. The average molecular weight is 382 g/mol. The van der Waals surface area contributed by atoms with E-state index in [1.54, 1.807) is 0 Å². The SMILES string of the molecule is Oc1ccc2c(c1)-c1cccc3ccc4c(c13)C2(c1ccccc1)c1ccccc1-4. The van der Waals surface area contributed by atoms with E-state index >= 15 is 0 Å². The molecular formula is C29H18O. The quantitative estimate of drug-likeness (QED) is 0.328. The molecule has 0 aliphatic heterocycles. The molecule has 0 amide bonds. The molecule has 0 heterocycles. The molecule has 2 aliphatic carbocycles. The van der Waals surface area contributed by atoms with Gasteiger partial charge in [0.25, 0.3) is 0 Å². The molecular weight excluding hydrogens is 364 g/mol. The minimum absolute atomic E-state index is 0.305. The van der Waals surface area contributed by atoms with E-state index in [1.165, 1.54) is 49.7 Å². The van der Waals surface area contributed by atoms with Crippen LogP contribution in [-0.2, 0) is 5.41 Å². The van der Waals surface area contributed by atoms with Gasteiger partial charge in [-0.1, -0.05) is 91.0 Å². The Morgan fingerprint density at radius 3 is 2.20 bits per heavy atom. The zero-order valence-corrected chi connectivity index (χ0v) is 16.3. The lowest BCUT2D eigenvalue weighted by Gasteiger charge is -2.39. The van der Waals surface area contributed by atoms with Gasteiger partial charge in [-0.25, -0.2) is 0 Å². The number of phenols is 1. The van der Waals surface area contributed by atoms with Crippen LogP contribution in [0.15, 0.2) is 103 Å². The first-order valence-corrected chi connectivity index (χ1v) is 10.4. The topological polar surface area (TPSA) is 20.2 Å². The monoisotopic (exact) mass is 382 g/mol. The third kappa shape index (κ3) is 1.71. The number of benzene rings is 5. The van der Waals surface area contributed by atoms with Gasteiger partial charge in [0.1, 0.15) is 5.75 Å². The van der Waals surface area contributed by atoms with E-state index in [1.807, 2.05) is 12.1 Å². The van der Waals surface area contributed by atoms with E-state index in [2.05, 4.69) is 91.0 Å². The summed E-state index contributed by atoms with van der Waals surface area (Å²) in [5.41, 5.74) is 9.75. The van der Waals surface area contributed by atoms with E-state index in [4.69, 9.17) is 0 Å². The van der Waals surface area contributed by atoms with Gasteiger partial charge in [-0.15, -0.1) is 0 Å². The Hall–Kier alpha value is -3.84. The van der Waals surface area contributed by atoms with Crippen molar-refractivity contribution in [2.24, 2.45) is 0 Å². The molecule has 0 saturated heterocycles. The third-order valence-electron chi connectivity index (χ3n) is 6.95. The van der Waals surface area contributed by atoms with Crippen molar-refractivity contribution in [3.63, 3.8) is 0 Å². The Balaban J connectivity index is 1.82. The first-order chi connectivity index (χ1) is 14.8. The molecule has 1 nitrogen and oxygen atoms in total. The minimum Gasteiger partial charge on any atom is -0.508 e. The summed E-state index contributed by atoms with van der Waals surface area (Å²) < 4.78 is 0. The number of fused-ring (bicyclic) bond motifs is 6. The summed E-state index contributed by atoms with van der Waals surface area (Å²) in [7, 11) is 0. The van der Waals surface area contributed by atoms with Crippen LogP contribution >= 0.6 is 0 Å². The van der Waals surface area contributed by atoms with Crippen molar-refractivity contribution in [1.82, 2.24) is 0 Å². The summed E-state index contributed by atoms with van der Waals surface area (Å²) in [6.45, 7) is 0. The third-order valence-corrected chi connectivity index (χ3v) is 6.95. The normalized spacial score (nSPS) is 17.6. The van der Waals surface area contributed by atoms with Crippen LogP contribution in [0.5, 0.6) is 5.75 Å². The Morgan fingerprint density at radius 2 is 1.30 bits per heavy atom. The molecule has 2 aliphatic rings. The molecule has 1 atom stereocenters. The van der Waals surface area contributed by atoms with Crippen LogP contribution in [0.1, 0.15) is 22.3 Å². The van der Waals surface area contributed by atoms with Crippen molar-refractivity contribution in [3.05, 3.63) is 125 Å². The molecule has 0 fully saturated rings. The fourth-order valence-electron chi connectivity index (χ4n) is 5.90. The molecule has 7 rings (SSSR count). The maximum Gasteiger partial charge on any atom is 0.116 e. The van der Waals surface area contributed by atoms with Gasteiger partial charge in [0.05, 0.1) is 5.41 Å². The fraction of sp³-hybridized carbons (Fsp3) is 0.0345. The number of aromatic hydroxyl groups is 1. The Kier molecular flexibility index (Phi) is 2.88. The lowest BCUT2D eigenvalue weighted by atomic mass is 9.62. The largest absolute Gasteiger partial charge is 0.508 e. The van der Waals surface area contributed by atoms with E-state index in [9.17, 15) is 5.11 Å². The lowest BCUT2D eigenvalue weighted by molar-refractivity contribution is 0.475. The zero-order valence-electron chi connectivity index (χ0n) is 16.3. The first-order valence-electron chi connectivity index (χ1n) is 10.4. The molecule has 5 aromatic carbocycles. The zero-order chi connectivity index (χ0) is 19.9. The molecule has 0 radical (unpaired) electrons. The summed E-state index contributed by atoms with van der Waals surface area (Å²) in [4.78, 5) is 0. The molecule has 1 unspecified atom stereocenters. The highest BCUT2D eigenvalue weighted by molar-refractivity contribution is 6.10. The van der Waals surface area contributed by atoms with Crippen molar-refractivity contribution in [3.8, 4) is 28.0 Å². The Bertz CT molecular complexity index is 1500. The van der Waals surface area contributed by atoms with Gasteiger partial charge >= 0.3 is 0 Å². The van der Waals surface area contributed by atoms with Gasteiger partial charge in [-0.3, -0.25) is 0 Å². The van der Waals surface area contributed by atoms with Crippen LogP contribution in [0.3, 0.4) is 0 Å². The molecule has 1 heteroatoms. The van der Waals surface area contributed by atoms with E-state index in [-0.39, 0.29) is 5.41 Å². The molecule has 0 spiro atoms. The average Bonchev–Trinajstić information content (AvgIpc) is 3.11. The highest BCUT2D eigenvalue weighted by Crippen LogP contribution is 2.63. The molecule has 1 N–H and O–H groups in total. The van der Waals surface area contributed by atoms with Gasteiger partial charge in [-0.2, -0.15) is 0 Å². The maximum absolute atomic E-state index is 10.4. The van der Waals surface area contributed by atoms with Crippen LogP contribution in [0, 0.1) is 0 Å². The fourth-order valence-corrected chi connectivity index (χ4v) is 5.90. The van der Waals surface area contributed by atoms with Crippen molar-refractivity contribution >= 4 is 10.8 Å². The molecule has 0 aromatic heterocycles. The van der Waals surface area contributed by atoms with Gasteiger partial charge in [0.15, 0.2) is 0 Å². The summed E-state index contributed by atoms with van der Waals surface area (Å²) in [6.07, 6.45) is 0. The molecule has 30 heavy (non-hydrogen) atoms. The second-order valence-electron chi connectivity index (χ2n) is 8.28. The highest BCUT2D eigenvalue weighted by atomic mass is 16.3. The summed E-state index contributed by atoms with van der Waals surface area (Å²) >= 11 is 0. The van der Waals surface area contributed by atoms with Crippen LogP contribution in [0.4, 0.5) is 0 Å². The predicted molar refractivity (Wildman–Crippen MR) is 122 cm³/mol. The standard InChI is InChI=1S/C29H18O/c30-20-14-16-26-24(17-20)22-11-6-7-18-13-15-23-21-10-4-5-12-25(21)29(26,28(23)27(18)22)19-8-2-1-3-9-19/h1-17,30H. The number of hydrogen-bond acceptors (Lipinski definition) is 1. The van der Waals surface area contributed by atoms with Crippen molar-refractivity contribution in [2.75, 3.05) is 0 Å². The van der Waals surface area contributed by atoms with Gasteiger partial charge in [-0.05, 0) is 67.4 Å². The summed E-state index contributed by atoms with van der Waals surface area (Å²) in [5, 5.41) is 13.0. The maximum atomic E-state index is 10.4. The Morgan fingerprint density at radius 1 is 0.533 bits per heavy atom. The number of phenolic OH excluding ortho intramolecular Hbond substituents is 1. The van der Waals surface area contributed by atoms with E-state index < -0.39 is 0 Å². The lowest BCUT2D eigenvalue weighted by Crippen LogP contribution is -2.31. The smallest absolute Gasteiger partial charge is 0.116 e. The molecule has 5 aromatic rings. The van der Waals surface area contributed by atoms with Gasteiger partial charge < -0.3 is 5.11 Å². The van der Waals surface area contributed by atoms with E-state index in [0.717, 1.165) is 5.56 Å². The Labute approximate surface area is 174 Å². The molecule has 0 saturated carbocycles. The second-order valence-corrected chi connectivity index (χ2v) is 8.28. The molecule has 140 valence electrons. The van der Waals surface area contributed by atoms with Crippen molar-refractivity contribution in [1.29, 1.82) is 0 Å². The first kappa shape index (κ1) is 16.0. The number of hydrogen-bond donors (Lipinski definition) is 1. The van der Waals surface area contributed by atoms with Crippen molar-refractivity contribution < 1.29 is 5.11 Å². The molecule has 0 bridgehead atoms. The minimum atomic E-state index is -0.385. The number of rotatable bonds is 1. The van der Waals surface area contributed by atoms with Crippen LogP contribution < -0.4 is 0 Å². The van der Waals surface area contributed by atoms with Gasteiger partial charge in [0, 0.05) is 0 Å². The van der Waals surface area contributed by atoms with Gasteiger partial charge in [0.2, 0.25) is 0 Å². The predicted octanol–water partition coefficient (Wildman–Crippen LogP) is 6.89. The van der Waals surface area contributed by atoms with Crippen molar-refractivity contribution in [2.45, 2.75) is 5.41 Å².